The van der Waals surface area contributed by atoms with Gasteiger partial charge in [0.2, 0.25) is 0 Å². The molecular weight excluding hydrogens is 538 g/mol. The topological polar surface area (TPSA) is 159 Å². The Morgan fingerprint density at radius 2 is 1.22 bits per heavy atom. The fourth-order valence-electron chi connectivity index (χ4n) is 2.91. The van der Waals surface area contributed by atoms with Gasteiger partial charge >= 0.3 is 24.4 Å². The molecule has 1 rings (SSSR count). The molecule has 2 N–H and O–H groups in total. The van der Waals surface area contributed by atoms with E-state index < -0.39 is 42.7 Å². The predicted octanol–water partition coefficient (Wildman–Crippen LogP) is 5.56. The molecule has 0 aliphatic rings. The zero-order valence-corrected chi connectivity index (χ0v) is 25.3. The molecule has 0 heterocycles. The van der Waals surface area contributed by atoms with Gasteiger partial charge in [-0.3, -0.25) is 4.79 Å². The van der Waals surface area contributed by atoms with Crippen LogP contribution in [0.3, 0.4) is 0 Å². The average Bonchev–Trinajstić information content (AvgIpc) is 2.90. The Morgan fingerprint density at radius 1 is 0.707 bits per heavy atom. The minimum absolute atomic E-state index is 0.00675. The third-order valence-corrected chi connectivity index (χ3v) is 6.10. The molecule has 0 aliphatic heterocycles. The van der Waals surface area contributed by atoms with Crippen LogP contribution < -0.4 is 15.2 Å². The van der Waals surface area contributed by atoms with Gasteiger partial charge < -0.3 is 38.9 Å². The molecule has 232 valence electrons. The van der Waals surface area contributed by atoms with Gasteiger partial charge in [0, 0.05) is 0 Å². The Kier molecular flexibility index (Phi) is 15.6. The first-order valence-electron chi connectivity index (χ1n) is 13.9. The molecule has 1 aromatic carbocycles. The smallest absolute Gasteiger partial charge is 0.458 e. The molecule has 0 saturated carbocycles. The van der Waals surface area contributed by atoms with Crippen LogP contribution in [0.15, 0.2) is 18.2 Å². The third kappa shape index (κ3) is 14.1. The van der Waals surface area contributed by atoms with Gasteiger partial charge in [-0.25, -0.2) is 14.4 Å². The molecule has 12 heteroatoms. The number of carbonyl (C=O) groups excluding carboxylic acids is 4. The summed E-state index contributed by atoms with van der Waals surface area (Å²) in [7, 11) is 0. The second-order valence-corrected chi connectivity index (χ2v) is 10.3. The molecular formula is C29H45NO11. The summed E-state index contributed by atoms with van der Waals surface area (Å²) in [5.41, 5.74) is 6.55. The third-order valence-electron chi connectivity index (χ3n) is 6.10. The maximum absolute atomic E-state index is 12.6. The van der Waals surface area contributed by atoms with Crippen molar-refractivity contribution >= 4 is 24.4 Å². The number of hydrogen-bond donors (Lipinski definition) is 1. The van der Waals surface area contributed by atoms with E-state index >= 15 is 0 Å². The summed E-state index contributed by atoms with van der Waals surface area (Å²) in [6.45, 7) is 14.6. The minimum atomic E-state index is -1.11. The van der Waals surface area contributed by atoms with Crippen molar-refractivity contribution in [3.05, 3.63) is 23.8 Å². The number of esters is 1. The van der Waals surface area contributed by atoms with E-state index in [9.17, 15) is 19.2 Å². The summed E-state index contributed by atoms with van der Waals surface area (Å²) in [6, 6.07) is 3.25. The maximum Gasteiger partial charge on any atom is 0.513 e. The molecule has 0 aromatic heterocycles. The van der Waals surface area contributed by atoms with Gasteiger partial charge in [-0.2, -0.15) is 0 Å². The molecule has 0 saturated heterocycles. The molecule has 5 atom stereocenters. The molecule has 2 unspecified atom stereocenters. The molecule has 0 aliphatic carbocycles. The molecule has 0 fully saturated rings. The quantitative estimate of drug-likeness (QED) is 0.156. The summed E-state index contributed by atoms with van der Waals surface area (Å²) in [4.78, 5) is 48.9. The highest BCUT2D eigenvalue weighted by Gasteiger charge is 2.26. The molecule has 41 heavy (non-hydrogen) atoms. The lowest BCUT2D eigenvalue weighted by Crippen LogP contribution is -2.39. The zero-order chi connectivity index (χ0) is 31.1. The van der Waals surface area contributed by atoms with Gasteiger partial charge in [-0.05, 0) is 63.6 Å². The van der Waals surface area contributed by atoms with Crippen LogP contribution in [0, 0.1) is 11.8 Å². The van der Waals surface area contributed by atoms with Gasteiger partial charge in [-0.1, -0.05) is 46.6 Å². The van der Waals surface area contributed by atoms with Crippen molar-refractivity contribution in [3.8, 4) is 11.5 Å². The minimum Gasteiger partial charge on any atom is -0.458 e. The molecule has 12 nitrogen and oxygen atoms in total. The fraction of sp³-hybridized carbons (Fsp3) is 0.655. The van der Waals surface area contributed by atoms with Crippen molar-refractivity contribution in [1.82, 2.24) is 0 Å². The van der Waals surface area contributed by atoms with Crippen LogP contribution in [0.2, 0.25) is 0 Å². The second kappa shape index (κ2) is 18.0. The largest absolute Gasteiger partial charge is 0.513 e. The summed E-state index contributed by atoms with van der Waals surface area (Å²) in [5.74, 6) is -0.664. The van der Waals surface area contributed by atoms with E-state index in [1.54, 1.807) is 33.8 Å². The normalized spacial score (nSPS) is 14.6. The van der Waals surface area contributed by atoms with Crippen LogP contribution in [0.4, 0.5) is 14.4 Å². The highest BCUT2D eigenvalue weighted by molar-refractivity contribution is 5.76. The lowest BCUT2D eigenvalue weighted by atomic mass is 10.1. The van der Waals surface area contributed by atoms with E-state index in [1.165, 1.54) is 12.1 Å². The van der Waals surface area contributed by atoms with Gasteiger partial charge in [-0.15, -0.1) is 0 Å². The van der Waals surface area contributed by atoms with Crippen molar-refractivity contribution in [2.24, 2.45) is 17.6 Å². The van der Waals surface area contributed by atoms with Gasteiger partial charge in [0.1, 0.15) is 18.2 Å². The van der Waals surface area contributed by atoms with E-state index in [0.717, 1.165) is 12.8 Å². The molecule has 0 amide bonds. The Hall–Kier alpha value is -3.54. The fourth-order valence-corrected chi connectivity index (χ4v) is 2.91. The van der Waals surface area contributed by atoms with Crippen LogP contribution in [0.25, 0.3) is 0 Å². The summed E-state index contributed by atoms with van der Waals surface area (Å²) in [6.07, 6.45) is -3.14. The van der Waals surface area contributed by atoms with E-state index in [1.807, 2.05) is 27.7 Å². The Bertz CT molecular complexity index is 997. The lowest BCUT2D eigenvalue weighted by Gasteiger charge is -2.22. The molecule has 0 spiro atoms. The highest BCUT2D eigenvalue weighted by atomic mass is 16.8. The second-order valence-electron chi connectivity index (χ2n) is 10.3. The maximum atomic E-state index is 12.6. The Balaban J connectivity index is 2.94. The summed E-state index contributed by atoms with van der Waals surface area (Å²) < 4.78 is 36.2. The molecule has 1 aromatic rings. The number of ether oxygens (including phenoxy) is 7. The predicted molar refractivity (Wildman–Crippen MR) is 149 cm³/mol. The van der Waals surface area contributed by atoms with Crippen LogP contribution in [-0.4, -0.2) is 62.0 Å². The standard InChI is InChI=1S/C29H45NO11/c1-9-18(5)15-35-27(32)40-24-12-11-22(14-25(24)41-28(33)36-16-19(6)10-2)13-23(30)26(31)38-20(7)21(8)39-29(34)37-17(3)4/h11-12,14,17-21,23H,9-10,13,15-16,30H2,1-8H3/t18?,19?,20-,21-,23-/m0/s1. The number of nitrogens with two attached hydrogens (primary N) is 1. The monoisotopic (exact) mass is 583 g/mol. The Labute approximate surface area is 242 Å². The van der Waals surface area contributed by atoms with E-state index in [4.69, 9.17) is 38.9 Å². The summed E-state index contributed by atoms with van der Waals surface area (Å²) >= 11 is 0. The van der Waals surface area contributed by atoms with Gasteiger partial charge in [0.05, 0.1) is 19.3 Å². The van der Waals surface area contributed by atoms with Gasteiger partial charge in [0.15, 0.2) is 11.5 Å². The number of hydrogen-bond acceptors (Lipinski definition) is 12. The highest BCUT2D eigenvalue weighted by Crippen LogP contribution is 2.30. The van der Waals surface area contributed by atoms with E-state index in [0.29, 0.717) is 5.56 Å². The first kappa shape index (κ1) is 35.5. The zero-order valence-electron chi connectivity index (χ0n) is 25.3. The Morgan fingerprint density at radius 3 is 1.73 bits per heavy atom. The van der Waals surface area contributed by atoms with E-state index in [-0.39, 0.29) is 49.1 Å². The van der Waals surface area contributed by atoms with E-state index in [2.05, 4.69) is 0 Å². The van der Waals surface area contributed by atoms with Crippen molar-refractivity contribution in [1.29, 1.82) is 0 Å². The number of benzene rings is 1. The number of rotatable bonds is 15. The molecule has 0 bridgehead atoms. The van der Waals surface area contributed by atoms with Crippen molar-refractivity contribution in [3.63, 3.8) is 0 Å². The first-order valence-corrected chi connectivity index (χ1v) is 13.9. The first-order chi connectivity index (χ1) is 19.2. The van der Waals surface area contributed by atoms with Crippen LogP contribution in [0.5, 0.6) is 11.5 Å². The number of carbonyl (C=O) groups is 4. The van der Waals surface area contributed by atoms with Crippen molar-refractivity contribution in [2.45, 2.75) is 99.0 Å². The molecule has 0 radical (unpaired) electrons. The average molecular weight is 584 g/mol. The lowest BCUT2D eigenvalue weighted by molar-refractivity contribution is -0.155. The van der Waals surface area contributed by atoms with Gasteiger partial charge in [0.25, 0.3) is 0 Å². The van der Waals surface area contributed by atoms with Crippen molar-refractivity contribution < 1.29 is 52.3 Å². The van der Waals surface area contributed by atoms with Crippen LogP contribution in [0.1, 0.15) is 73.8 Å². The SMILES string of the molecule is CCC(C)COC(=O)Oc1ccc(C[C@H](N)C(=O)O[C@@H](C)[C@H](C)OC(=O)OC(C)C)cc1OC(=O)OCC(C)CC. The van der Waals surface area contributed by atoms with Crippen LogP contribution in [-0.2, 0) is 34.9 Å². The summed E-state index contributed by atoms with van der Waals surface area (Å²) in [5, 5.41) is 0. The van der Waals surface area contributed by atoms with Crippen LogP contribution >= 0.6 is 0 Å². The van der Waals surface area contributed by atoms with Crippen molar-refractivity contribution in [2.75, 3.05) is 13.2 Å².